The van der Waals surface area contributed by atoms with Crippen LogP contribution in [0.25, 0.3) is 0 Å². The molecule has 0 aliphatic rings. The lowest BCUT2D eigenvalue weighted by Crippen LogP contribution is -2.41. The van der Waals surface area contributed by atoms with Crippen LogP contribution in [-0.2, 0) is 4.79 Å². The quantitative estimate of drug-likeness (QED) is 0.662. The molecule has 1 N–H and O–H groups in total. The molecule has 0 aliphatic heterocycles. The molecule has 1 unspecified atom stereocenters. The largest absolute Gasteiger partial charge is 0.308 e. The lowest BCUT2D eigenvalue weighted by Gasteiger charge is -2.21. The summed E-state index contributed by atoms with van der Waals surface area (Å²) in [6.07, 6.45) is 1.70. The van der Waals surface area contributed by atoms with E-state index in [1.165, 1.54) is 0 Å². The van der Waals surface area contributed by atoms with Crippen molar-refractivity contribution in [3.63, 3.8) is 0 Å². The zero-order valence-corrected chi connectivity index (χ0v) is 8.68. The van der Waals surface area contributed by atoms with Gasteiger partial charge in [0.15, 0.2) is 0 Å². The molecule has 2 heteroatoms. The molecular formula is C10H21NO. The van der Waals surface area contributed by atoms with Gasteiger partial charge in [-0.05, 0) is 12.5 Å². The Kier molecular flexibility index (Phi) is 5.99. The second kappa shape index (κ2) is 6.18. The molecule has 0 aromatic rings. The summed E-state index contributed by atoms with van der Waals surface area (Å²) in [4.78, 5) is 11.4. The van der Waals surface area contributed by atoms with Crippen LogP contribution >= 0.6 is 0 Å². The first-order chi connectivity index (χ1) is 5.67. The molecule has 0 aliphatic carbocycles. The fourth-order valence-corrected chi connectivity index (χ4v) is 1.31. The zero-order valence-electron chi connectivity index (χ0n) is 8.68. The second-order valence-electron chi connectivity index (χ2n) is 3.24. The summed E-state index contributed by atoms with van der Waals surface area (Å²) in [6, 6.07) is 0.0741. The maximum atomic E-state index is 11.4. The molecular weight excluding hydrogens is 150 g/mol. The Morgan fingerprint density at radius 1 is 1.33 bits per heavy atom. The summed E-state index contributed by atoms with van der Waals surface area (Å²) < 4.78 is 0. The summed E-state index contributed by atoms with van der Waals surface area (Å²) >= 11 is 0. The van der Waals surface area contributed by atoms with Gasteiger partial charge in [-0.15, -0.1) is 0 Å². The van der Waals surface area contributed by atoms with Gasteiger partial charge in [-0.25, -0.2) is 0 Å². The molecule has 0 saturated heterocycles. The number of rotatable bonds is 6. The van der Waals surface area contributed by atoms with Crippen molar-refractivity contribution in [2.45, 2.75) is 46.6 Å². The van der Waals surface area contributed by atoms with E-state index in [0.29, 0.717) is 18.1 Å². The van der Waals surface area contributed by atoms with Crippen LogP contribution in [0, 0.1) is 5.92 Å². The number of carbonyl (C=O) groups excluding carboxylic acids is 1. The van der Waals surface area contributed by atoms with Gasteiger partial charge in [0, 0.05) is 6.42 Å². The van der Waals surface area contributed by atoms with Gasteiger partial charge in [-0.2, -0.15) is 0 Å². The summed E-state index contributed by atoms with van der Waals surface area (Å²) in [7, 11) is 0. The maximum Gasteiger partial charge on any atom is 0.149 e. The maximum absolute atomic E-state index is 11.4. The minimum atomic E-state index is 0.0741. The molecule has 2 nitrogen and oxygen atoms in total. The van der Waals surface area contributed by atoms with Gasteiger partial charge < -0.3 is 5.32 Å². The predicted octanol–water partition coefficient (Wildman–Crippen LogP) is 1.99. The molecule has 0 aromatic carbocycles. The van der Waals surface area contributed by atoms with Gasteiger partial charge in [0.25, 0.3) is 0 Å². The number of hydrogen-bond acceptors (Lipinski definition) is 2. The molecule has 0 heterocycles. The molecule has 0 amide bonds. The normalized spacial score (nSPS) is 15.7. The lowest BCUT2D eigenvalue weighted by molar-refractivity contribution is -0.121. The number of likely N-dealkylation sites (N-methyl/N-ethyl adjacent to an activating group) is 1. The van der Waals surface area contributed by atoms with Crippen LogP contribution in [0.4, 0.5) is 0 Å². The Balaban J connectivity index is 4.11. The number of hydrogen-bond donors (Lipinski definition) is 1. The van der Waals surface area contributed by atoms with E-state index in [-0.39, 0.29) is 6.04 Å². The highest BCUT2D eigenvalue weighted by Crippen LogP contribution is 2.09. The Labute approximate surface area is 75.7 Å². The van der Waals surface area contributed by atoms with Crippen molar-refractivity contribution in [1.29, 1.82) is 0 Å². The third-order valence-corrected chi connectivity index (χ3v) is 2.33. The molecule has 0 fully saturated rings. The number of nitrogens with one attached hydrogen (secondary N) is 1. The van der Waals surface area contributed by atoms with Crippen LogP contribution < -0.4 is 5.32 Å². The third-order valence-electron chi connectivity index (χ3n) is 2.33. The van der Waals surface area contributed by atoms with Crippen molar-refractivity contribution in [1.82, 2.24) is 5.32 Å². The lowest BCUT2D eigenvalue weighted by atomic mass is 9.94. The number of carbonyl (C=O) groups is 1. The summed E-state index contributed by atoms with van der Waals surface area (Å²) in [5.74, 6) is 0.795. The van der Waals surface area contributed by atoms with Crippen molar-refractivity contribution >= 4 is 5.78 Å². The Bertz CT molecular complexity index is 134. The standard InChI is InChI=1S/C10H21NO/c1-5-8(4)10(11-7-3)9(12)6-2/h8,10-11H,5-7H2,1-4H3/t8?,10-/m0/s1. The highest BCUT2D eigenvalue weighted by Gasteiger charge is 2.20. The first-order valence-electron chi connectivity index (χ1n) is 4.93. The SMILES string of the molecule is CCN[C@H](C(=O)CC)C(C)CC. The van der Waals surface area contributed by atoms with Crippen LogP contribution in [-0.4, -0.2) is 18.4 Å². The van der Waals surface area contributed by atoms with Crippen molar-refractivity contribution < 1.29 is 4.79 Å². The van der Waals surface area contributed by atoms with Gasteiger partial charge in [-0.3, -0.25) is 4.79 Å². The van der Waals surface area contributed by atoms with E-state index >= 15 is 0 Å². The minimum Gasteiger partial charge on any atom is -0.308 e. The van der Waals surface area contributed by atoms with Crippen LogP contribution in [0.15, 0.2) is 0 Å². The summed E-state index contributed by atoms with van der Waals surface area (Å²) in [6.45, 7) is 9.09. The van der Waals surface area contributed by atoms with Gasteiger partial charge in [-0.1, -0.05) is 34.1 Å². The van der Waals surface area contributed by atoms with E-state index in [0.717, 1.165) is 13.0 Å². The van der Waals surface area contributed by atoms with Crippen molar-refractivity contribution in [3.8, 4) is 0 Å². The summed E-state index contributed by atoms with van der Waals surface area (Å²) in [5.41, 5.74) is 0. The molecule has 0 saturated carbocycles. The smallest absolute Gasteiger partial charge is 0.149 e. The van der Waals surface area contributed by atoms with E-state index in [4.69, 9.17) is 0 Å². The van der Waals surface area contributed by atoms with Gasteiger partial charge in [0.1, 0.15) is 5.78 Å². The predicted molar refractivity (Wildman–Crippen MR) is 52.2 cm³/mol. The van der Waals surface area contributed by atoms with Gasteiger partial charge >= 0.3 is 0 Å². The fraction of sp³-hybridized carbons (Fsp3) is 0.900. The average Bonchev–Trinajstić information content (AvgIpc) is 2.11. The topological polar surface area (TPSA) is 29.1 Å². The van der Waals surface area contributed by atoms with Crippen LogP contribution in [0.2, 0.25) is 0 Å². The zero-order chi connectivity index (χ0) is 9.56. The van der Waals surface area contributed by atoms with Crippen molar-refractivity contribution in [2.24, 2.45) is 5.92 Å². The van der Waals surface area contributed by atoms with Crippen molar-refractivity contribution in [3.05, 3.63) is 0 Å². The number of Topliss-reactive ketones (excluding diaryl/α,β-unsaturated/α-hetero) is 1. The number of ketones is 1. The van der Waals surface area contributed by atoms with E-state index in [2.05, 4.69) is 19.2 Å². The van der Waals surface area contributed by atoms with Crippen LogP contribution in [0.5, 0.6) is 0 Å². The van der Waals surface area contributed by atoms with E-state index < -0.39 is 0 Å². The van der Waals surface area contributed by atoms with E-state index in [9.17, 15) is 4.79 Å². The van der Waals surface area contributed by atoms with Gasteiger partial charge in [0.05, 0.1) is 6.04 Å². The first kappa shape index (κ1) is 11.6. The Morgan fingerprint density at radius 2 is 1.92 bits per heavy atom. The van der Waals surface area contributed by atoms with E-state index in [1.54, 1.807) is 0 Å². The molecule has 0 rings (SSSR count). The van der Waals surface area contributed by atoms with Crippen LogP contribution in [0.1, 0.15) is 40.5 Å². The monoisotopic (exact) mass is 171 g/mol. The van der Waals surface area contributed by atoms with Crippen molar-refractivity contribution in [2.75, 3.05) is 6.54 Å². The molecule has 0 spiro atoms. The summed E-state index contributed by atoms with van der Waals surface area (Å²) in [5, 5.41) is 3.23. The molecule has 12 heavy (non-hydrogen) atoms. The first-order valence-corrected chi connectivity index (χ1v) is 4.93. The molecule has 0 bridgehead atoms. The third kappa shape index (κ3) is 3.35. The Morgan fingerprint density at radius 3 is 2.25 bits per heavy atom. The Hall–Kier alpha value is -0.370. The molecule has 72 valence electrons. The average molecular weight is 171 g/mol. The molecule has 0 radical (unpaired) electrons. The highest BCUT2D eigenvalue weighted by atomic mass is 16.1. The fourth-order valence-electron chi connectivity index (χ4n) is 1.31. The second-order valence-corrected chi connectivity index (χ2v) is 3.24. The highest BCUT2D eigenvalue weighted by molar-refractivity contribution is 5.83. The molecule has 0 aromatic heterocycles. The molecule has 2 atom stereocenters. The minimum absolute atomic E-state index is 0.0741. The van der Waals surface area contributed by atoms with E-state index in [1.807, 2.05) is 13.8 Å². The van der Waals surface area contributed by atoms with Crippen LogP contribution in [0.3, 0.4) is 0 Å². The van der Waals surface area contributed by atoms with Gasteiger partial charge in [0.2, 0.25) is 0 Å².